The molecule has 0 bridgehead atoms. The summed E-state index contributed by atoms with van der Waals surface area (Å²) in [6.07, 6.45) is 3.16. The van der Waals surface area contributed by atoms with Crippen LogP contribution in [0.5, 0.6) is 0 Å². The molecule has 176 valence electrons. The minimum Gasteiger partial charge on any atom is -0.392 e. The van der Waals surface area contributed by atoms with Crippen molar-refractivity contribution in [2.75, 3.05) is 0 Å². The Labute approximate surface area is 195 Å². The number of aliphatic hydroxyl groups is 2. The first-order valence-electron chi connectivity index (χ1n) is 12.0. The van der Waals surface area contributed by atoms with E-state index in [4.69, 9.17) is 0 Å². The fourth-order valence-electron chi connectivity index (χ4n) is 5.55. The predicted molar refractivity (Wildman–Crippen MR) is 126 cm³/mol. The summed E-state index contributed by atoms with van der Waals surface area (Å²) in [7, 11) is 0. The molecule has 6 nitrogen and oxygen atoms in total. The van der Waals surface area contributed by atoms with Gasteiger partial charge < -0.3 is 20.4 Å². The smallest absolute Gasteiger partial charge is 0.246 e. The number of nitrogens with one attached hydrogen (secondary N) is 1. The number of aliphatic hydroxyl groups excluding tert-OH is 2. The third-order valence-electron chi connectivity index (χ3n) is 7.46. The van der Waals surface area contributed by atoms with Crippen LogP contribution in [0.1, 0.15) is 54.5 Å². The van der Waals surface area contributed by atoms with Crippen LogP contribution in [0.4, 0.5) is 0 Å². The van der Waals surface area contributed by atoms with Gasteiger partial charge in [0.2, 0.25) is 11.8 Å². The Balaban J connectivity index is 1.66. The molecule has 6 heteroatoms. The highest BCUT2D eigenvalue weighted by atomic mass is 16.3. The number of fused-ring (bicyclic) bond motifs is 1. The number of piperazine rings is 1. The largest absolute Gasteiger partial charge is 0.392 e. The number of nitrogens with zero attached hydrogens (tertiary/aromatic N) is 1. The molecule has 2 aliphatic rings. The summed E-state index contributed by atoms with van der Waals surface area (Å²) in [5.41, 5.74) is 4.69. The molecule has 1 aliphatic heterocycles. The number of amides is 2. The van der Waals surface area contributed by atoms with Crippen LogP contribution in [0, 0.1) is 11.8 Å². The molecular formula is C27H34N2O4. The van der Waals surface area contributed by atoms with Gasteiger partial charge in [0.15, 0.2) is 0 Å². The van der Waals surface area contributed by atoms with E-state index in [-0.39, 0.29) is 43.4 Å². The fourth-order valence-corrected chi connectivity index (χ4v) is 5.55. The molecule has 1 fully saturated rings. The van der Waals surface area contributed by atoms with E-state index in [1.54, 1.807) is 17.0 Å². The topological polar surface area (TPSA) is 89.9 Å². The molecule has 0 spiro atoms. The number of carbonyl (C=O) groups is 2. The van der Waals surface area contributed by atoms with E-state index in [0.717, 1.165) is 31.2 Å². The molecule has 2 amide bonds. The van der Waals surface area contributed by atoms with Gasteiger partial charge in [-0.3, -0.25) is 9.59 Å². The van der Waals surface area contributed by atoms with Gasteiger partial charge in [0.1, 0.15) is 12.1 Å². The summed E-state index contributed by atoms with van der Waals surface area (Å²) in [5, 5.41) is 22.5. The first-order chi connectivity index (χ1) is 16.0. The molecule has 1 heterocycles. The van der Waals surface area contributed by atoms with Crippen molar-refractivity contribution in [1.82, 2.24) is 10.2 Å². The second-order valence-corrected chi connectivity index (χ2v) is 9.33. The van der Waals surface area contributed by atoms with Gasteiger partial charge in [-0.2, -0.15) is 0 Å². The van der Waals surface area contributed by atoms with Crippen LogP contribution in [0.25, 0.3) is 0 Å². The SMILES string of the molecule is CCC(CC)C1C(=O)NC(C2Cc3ccccc3C2)C(=O)N1Cc1ccc(CO)cc1CO. The molecule has 2 atom stereocenters. The number of rotatable bonds is 8. The van der Waals surface area contributed by atoms with Gasteiger partial charge in [-0.1, -0.05) is 69.2 Å². The van der Waals surface area contributed by atoms with Crippen molar-refractivity contribution >= 4 is 11.8 Å². The highest BCUT2D eigenvalue weighted by Gasteiger charge is 2.47. The molecule has 2 aromatic rings. The van der Waals surface area contributed by atoms with Crippen molar-refractivity contribution in [3.8, 4) is 0 Å². The highest BCUT2D eigenvalue weighted by molar-refractivity contribution is 5.97. The lowest BCUT2D eigenvalue weighted by Gasteiger charge is -2.44. The average Bonchev–Trinajstić information content (AvgIpc) is 3.27. The summed E-state index contributed by atoms with van der Waals surface area (Å²) >= 11 is 0. The molecule has 4 rings (SSSR count). The van der Waals surface area contributed by atoms with E-state index < -0.39 is 12.1 Å². The van der Waals surface area contributed by atoms with Crippen LogP contribution in [0.3, 0.4) is 0 Å². The maximum Gasteiger partial charge on any atom is 0.246 e. The van der Waals surface area contributed by atoms with Crippen molar-refractivity contribution < 1.29 is 19.8 Å². The fraction of sp³-hybridized carbons (Fsp3) is 0.481. The van der Waals surface area contributed by atoms with E-state index in [1.165, 1.54) is 11.1 Å². The molecular weight excluding hydrogens is 416 g/mol. The van der Waals surface area contributed by atoms with E-state index in [0.29, 0.717) is 11.1 Å². The molecule has 3 N–H and O–H groups in total. The van der Waals surface area contributed by atoms with E-state index in [2.05, 4.69) is 31.3 Å². The quantitative estimate of drug-likeness (QED) is 0.577. The highest BCUT2D eigenvalue weighted by Crippen LogP contribution is 2.33. The Kier molecular flexibility index (Phi) is 7.15. The van der Waals surface area contributed by atoms with Gasteiger partial charge >= 0.3 is 0 Å². The third kappa shape index (κ3) is 4.55. The molecule has 1 aliphatic carbocycles. The van der Waals surface area contributed by atoms with E-state index in [9.17, 15) is 19.8 Å². The molecule has 0 radical (unpaired) electrons. The van der Waals surface area contributed by atoms with Gasteiger partial charge in [-0.05, 0) is 52.5 Å². The molecule has 2 unspecified atom stereocenters. The lowest BCUT2D eigenvalue weighted by molar-refractivity contribution is -0.154. The number of carbonyl (C=O) groups excluding carboxylic acids is 2. The Hall–Kier alpha value is -2.70. The van der Waals surface area contributed by atoms with Crippen LogP contribution in [0.2, 0.25) is 0 Å². The normalized spacial score (nSPS) is 20.9. The summed E-state index contributed by atoms with van der Waals surface area (Å²) in [6.45, 7) is 4.08. The molecule has 0 saturated carbocycles. The first kappa shape index (κ1) is 23.5. The summed E-state index contributed by atoms with van der Waals surface area (Å²) in [5.74, 6) is -0.0238. The van der Waals surface area contributed by atoms with Crippen molar-refractivity contribution in [2.45, 2.75) is 71.4 Å². The lowest BCUT2D eigenvalue weighted by atomic mass is 9.85. The summed E-state index contributed by atoms with van der Waals surface area (Å²) in [4.78, 5) is 29.0. The third-order valence-corrected chi connectivity index (χ3v) is 7.46. The minimum absolute atomic E-state index is 0.0399. The van der Waals surface area contributed by atoms with Gasteiger partial charge in [0, 0.05) is 6.54 Å². The van der Waals surface area contributed by atoms with Gasteiger partial charge in [0.05, 0.1) is 13.2 Å². The summed E-state index contributed by atoms with van der Waals surface area (Å²) < 4.78 is 0. The first-order valence-corrected chi connectivity index (χ1v) is 12.0. The maximum absolute atomic E-state index is 13.9. The predicted octanol–water partition coefficient (Wildman–Crippen LogP) is 2.72. The minimum atomic E-state index is -0.551. The van der Waals surface area contributed by atoms with Crippen LogP contribution < -0.4 is 5.32 Å². The average molecular weight is 451 g/mol. The number of hydrogen-bond donors (Lipinski definition) is 3. The zero-order valence-electron chi connectivity index (χ0n) is 19.5. The molecule has 33 heavy (non-hydrogen) atoms. The van der Waals surface area contributed by atoms with Crippen LogP contribution in [0.15, 0.2) is 42.5 Å². The summed E-state index contributed by atoms with van der Waals surface area (Å²) in [6, 6.07) is 12.6. The maximum atomic E-state index is 13.9. The van der Waals surface area contributed by atoms with Gasteiger partial charge in [-0.15, -0.1) is 0 Å². The molecule has 1 saturated heterocycles. The van der Waals surface area contributed by atoms with E-state index >= 15 is 0 Å². The second kappa shape index (κ2) is 10.1. The number of benzene rings is 2. The van der Waals surface area contributed by atoms with Crippen molar-refractivity contribution in [3.63, 3.8) is 0 Å². The molecule has 2 aromatic carbocycles. The van der Waals surface area contributed by atoms with Crippen LogP contribution in [-0.4, -0.2) is 39.0 Å². The Bertz CT molecular complexity index is 992. The van der Waals surface area contributed by atoms with E-state index in [1.807, 2.05) is 18.2 Å². The Morgan fingerprint density at radius 3 is 2.21 bits per heavy atom. The van der Waals surface area contributed by atoms with Crippen LogP contribution >= 0.6 is 0 Å². The standard InChI is InChI=1S/C27H34N2O4/c1-3-18(4-2)25-26(32)28-24(22-12-19-7-5-6-8-20(19)13-22)27(33)29(25)14-21-10-9-17(15-30)11-23(21)16-31/h5-11,18,22,24-25,30-31H,3-4,12-16H2,1-2H3,(H,28,32). The van der Waals surface area contributed by atoms with Gasteiger partial charge in [0.25, 0.3) is 0 Å². The van der Waals surface area contributed by atoms with Crippen molar-refractivity contribution in [1.29, 1.82) is 0 Å². The molecule has 0 aromatic heterocycles. The lowest BCUT2D eigenvalue weighted by Crippen LogP contribution is -2.66. The van der Waals surface area contributed by atoms with Gasteiger partial charge in [-0.25, -0.2) is 0 Å². The Morgan fingerprint density at radius 2 is 1.64 bits per heavy atom. The van der Waals surface area contributed by atoms with Crippen molar-refractivity contribution in [2.24, 2.45) is 11.8 Å². The number of hydrogen-bond acceptors (Lipinski definition) is 4. The monoisotopic (exact) mass is 450 g/mol. The second-order valence-electron chi connectivity index (χ2n) is 9.33. The Morgan fingerprint density at radius 1 is 0.970 bits per heavy atom. The zero-order chi connectivity index (χ0) is 23.5. The van der Waals surface area contributed by atoms with Crippen molar-refractivity contribution in [3.05, 3.63) is 70.3 Å². The van der Waals surface area contributed by atoms with Crippen LogP contribution in [-0.2, 0) is 42.2 Å². The zero-order valence-corrected chi connectivity index (χ0v) is 19.5.